The Morgan fingerprint density at radius 3 is 2.48 bits per heavy atom. The largest absolute Gasteiger partial charge is 0.489 e. The molecule has 0 spiro atoms. The molecule has 2 aromatic rings. The highest BCUT2D eigenvalue weighted by atomic mass is 16.6. The molecule has 8 nitrogen and oxygen atoms in total. The predicted molar refractivity (Wildman–Crippen MR) is 88.5 cm³/mol. The summed E-state index contributed by atoms with van der Waals surface area (Å²) in [6, 6.07) is 12.6. The van der Waals surface area contributed by atoms with E-state index in [0.717, 1.165) is 5.56 Å². The summed E-state index contributed by atoms with van der Waals surface area (Å²) < 4.78 is 5.60. The first-order chi connectivity index (χ1) is 12.0. The van der Waals surface area contributed by atoms with Gasteiger partial charge in [0.05, 0.1) is 4.92 Å². The summed E-state index contributed by atoms with van der Waals surface area (Å²) in [4.78, 5) is 32.8. The van der Waals surface area contributed by atoms with E-state index in [0.29, 0.717) is 11.3 Å². The predicted octanol–water partition coefficient (Wildman–Crippen LogP) is 2.35. The molecule has 1 heterocycles. The molecule has 3 rings (SSSR count). The van der Waals surface area contributed by atoms with Gasteiger partial charge in [-0.25, -0.2) is 4.79 Å². The van der Waals surface area contributed by atoms with Crippen molar-refractivity contribution in [1.29, 1.82) is 0 Å². The molecule has 1 saturated heterocycles. The Labute approximate surface area is 142 Å². The minimum atomic E-state index is -0.548. The number of urea groups is 1. The van der Waals surface area contributed by atoms with Crippen LogP contribution in [-0.2, 0) is 11.4 Å². The number of nitrogens with zero attached hydrogens (tertiary/aromatic N) is 1. The van der Waals surface area contributed by atoms with Gasteiger partial charge in [0.2, 0.25) is 0 Å². The lowest BCUT2D eigenvalue weighted by atomic mass is 10.2. The summed E-state index contributed by atoms with van der Waals surface area (Å²) in [5, 5.41) is 15.3. The lowest BCUT2D eigenvalue weighted by Gasteiger charge is -2.06. The minimum absolute atomic E-state index is 0.0139. The van der Waals surface area contributed by atoms with Gasteiger partial charge in [0.15, 0.2) is 0 Å². The minimum Gasteiger partial charge on any atom is -0.489 e. The summed E-state index contributed by atoms with van der Waals surface area (Å²) >= 11 is 0. The average molecular weight is 339 g/mol. The molecule has 1 aliphatic rings. The van der Waals surface area contributed by atoms with Crippen molar-refractivity contribution >= 4 is 23.7 Å². The Morgan fingerprint density at radius 2 is 1.84 bits per heavy atom. The Hall–Kier alpha value is -3.68. The van der Waals surface area contributed by atoms with Crippen molar-refractivity contribution < 1.29 is 19.2 Å². The lowest BCUT2D eigenvalue weighted by Crippen LogP contribution is -2.22. The second-order valence-corrected chi connectivity index (χ2v) is 5.25. The van der Waals surface area contributed by atoms with Crippen LogP contribution in [0.5, 0.6) is 5.75 Å². The van der Waals surface area contributed by atoms with Gasteiger partial charge < -0.3 is 10.1 Å². The van der Waals surface area contributed by atoms with Crippen molar-refractivity contribution in [2.45, 2.75) is 6.61 Å². The number of non-ortho nitro benzene ring substituents is 1. The number of carbonyl (C=O) groups excluding carboxylic acids is 2. The van der Waals surface area contributed by atoms with E-state index in [1.807, 2.05) is 0 Å². The lowest BCUT2D eigenvalue weighted by molar-refractivity contribution is -0.384. The summed E-state index contributed by atoms with van der Waals surface area (Å²) in [6.07, 6.45) is 1.55. The van der Waals surface area contributed by atoms with E-state index in [-0.39, 0.29) is 18.0 Å². The van der Waals surface area contributed by atoms with Gasteiger partial charge in [0, 0.05) is 12.1 Å². The van der Waals surface area contributed by atoms with Crippen molar-refractivity contribution in [3.8, 4) is 5.75 Å². The Morgan fingerprint density at radius 1 is 1.08 bits per heavy atom. The summed E-state index contributed by atoms with van der Waals surface area (Å²) in [5.74, 6) is 0.101. The molecular weight excluding hydrogens is 326 g/mol. The van der Waals surface area contributed by atoms with Gasteiger partial charge in [-0.1, -0.05) is 24.3 Å². The van der Waals surface area contributed by atoms with E-state index in [1.165, 1.54) is 12.1 Å². The number of carbonyl (C=O) groups is 2. The third kappa shape index (κ3) is 3.99. The van der Waals surface area contributed by atoms with Crippen LogP contribution in [0.25, 0.3) is 6.08 Å². The smallest absolute Gasteiger partial charge is 0.326 e. The molecular formula is C17H13N3O5. The van der Waals surface area contributed by atoms with Crippen LogP contribution in [-0.4, -0.2) is 16.9 Å². The van der Waals surface area contributed by atoms with Gasteiger partial charge in [-0.05, 0) is 29.3 Å². The normalized spacial score (nSPS) is 15.0. The Bertz CT molecular complexity index is 874. The molecule has 2 aromatic carbocycles. The number of nitrogens with one attached hydrogen (secondary N) is 2. The number of hydrogen-bond donors (Lipinski definition) is 2. The zero-order valence-electron chi connectivity index (χ0n) is 12.9. The Balaban J connectivity index is 1.64. The molecule has 2 N–H and O–H groups in total. The summed E-state index contributed by atoms with van der Waals surface area (Å²) in [5.41, 5.74) is 1.59. The van der Waals surface area contributed by atoms with Crippen LogP contribution in [0.3, 0.4) is 0 Å². The fraction of sp³-hybridized carbons (Fsp3) is 0.0588. The number of amides is 3. The molecule has 3 amide bonds. The Kier molecular flexibility index (Phi) is 4.42. The van der Waals surface area contributed by atoms with E-state index in [2.05, 4.69) is 10.6 Å². The number of imide groups is 1. The molecule has 1 aliphatic heterocycles. The van der Waals surface area contributed by atoms with Gasteiger partial charge in [0.25, 0.3) is 11.6 Å². The van der Waals surface area contributed by atoms with Crippen molar-refractivity contribution in [1.82, 2.24) is 10.6 Å². The van der Waals surface area contributed by atoms with E-state index in [4.69, 9.17) is 4.74 Å². The maximum atomic E-state index is 11.5. The number of nitro benzene ring substituents is 1. The fourth-order valence-electron chi connectivity index (χ4n) is 2.24. The van der Waals surface area contributed by atoms with Crippen LogP contribution in [0.2, 0.25) is 0 Å². The molecule has 0 atom stereocenters. The van der Waals surface area contributed by atoms with Crippen LogP contribution >= 0.6 is 0 Å². The zero-order valence-corrected chi connectivity index (χ0v) is 12.9. The molecule has 0 saturated carbocycles. The molecule has 8 heteroatoms. The van der Waals surface area contributed by atoms with Crippen LogP contribution in [0, 0.1) is 10.1 Å². The number of nitro groups is 1. The van der Waals surface area contributed by atoms with Gasteiger partial charge in [-0.3, -0.25) is 20.2 Å². The highest BCUT2D eigenvalue weighted by Gasteiger charge is 2.22. The number of benzene rings is 2. The van der Waals surface area contributed by atoms with E-state index in [1.54, 1.807) is 42.5 Å². The SMILES string of the molecule is O=C1NC(=O)/C(=C\c2ccc(OCc3cccc([N+](=O)[O-])c3)cc2)N1. The summed E-state index contributed by atoms with van der Waals surface area (Å²) in [6.45, 7) is 0.195. The molecule has 1 fully saturated rings. The fourth-order valence-corrected chi connectivity index (χ4v) is 2.24. The molecule has 0 unspecified atom stereocenters. The van der Waals surface area contributed by atoms with Gasteiger partial charge in [-0.2, -0.15) is 0 Å². The second-order valence-electron chi connectivity index (χ2n) is 5.25. The van der Waals surface area contributed by atoms with E-state index < -0.39 is 16.9 Å². The first kappa shape index (κ1) is 16.2. The van der Waals surface area contributed by atoms with Crippen LogP contribution < -0.4 is 15.4 Å². The van der Waals surface area contributed by atoms with Crippen LogP contribution in [0.1, 0.15) is 11.1 Å². The molecule has 0 aromatic heterocycles. The van der Waals surface area contributed by atoms with E-state index in [9.17, 15) is 19.7 Å². The molecule has 126 valence electrons. The maximum Gasteiger partial charge on any atom is 0.326 e. The van der Waals surface area contributed by atoms with Crippen molar-refractivity contribution in [2.75, 3.05) is 0 Å². The molecule has 0 radical (unpaired) electrons. The van der Waals surface area contributed by atoms with Gasteiger partial charge in [-0.15, -0.1) is 0 Å². The van der Waals surface area contributed by atoms with Crippen molar-refractivity contribution in [3.05, 3.63) is 75.5 Å². The molecule has 0 aliphatic carbocycles. The number of rotatable bonds is 5. The first-order valence-corrected chi connectivity index (χ1v) is 7.31. The number of hydrogen-bond acceptors (Lipinski definition) is 5. The molecule has 0 bridgehead atoms. The second kappa shape index (κ2) is 6.83. The highest BCUT2D eigenvalue weighted by molar-refractivity contribution is 6.13. The van der Waals surface area contributed by atoms with Crippen LogP contribution in [0.4, 0.5) is 10.5 Å². The van der Waals surface area contributed by atoms with Crippen LogP contribution in [0.15, 0.2) is 54.2 Å². The first-order valence-electron chi connectivity index (χ1n) is 7.31. The zero-order chi connectivity index (χ0) is 17.8. The number of ether oxygens (including phenoxy) is 1. The highest BCUT2D eigenvalue weighted by Crippen LogP contribution is 2.18. The maximum absolute atomic E-state index is 11.5. The van der Waals surface area contributed by atoms with Crippen molar-refractivity contribution in [3.63, 3.8) is 0 Å². The van der Waals surface area contributed by atoms with Crippen molar-refractivity contribution in [2.24, 2.45) is 0 Å². The topological polar surface area (TPSA) is 111 Å². The summed E-state index contributed by atoms with van der Waals surface area (Å²) in [7, 11) is 0. The van der Waals surface area contributed by atoms with Gasteiger partial charge in [0.1, 0.15) is 18.1 Å². The average Bonchev–Trinajstić information content (AvgIpc) is 2.92. The quantitative estimate of drug-likeness (QED) is 0.376. The van der Waals surface area contributed by atoms with E-state index >= 15 is 0 Å². The monoisotopic (exact) mass is 339 g/mol. The molecule has 25 heavy (non-hydrogen) atoms. The van der Waals surface area contributed by atoms with Gasteiger partial charge >= 0.3 is 6.03 Å². The third-order valence-electron chi connectivity index (χ3n) is 3.44. The third-order valence-corrected chi connectivity index (χ3v) is 3.44. The standard InChI is InChI=1S/C17H13N3O5/c21-16-15(18-17(22)19-16)9-11-4-6-14(7-5-11)25-10-12-2-1-3-13(8-12)20(23)24/h1-9H,10H2,(H2,18,19,21,22)/b15-9+.